The molecule has 0 radical (unpaired) electrons. The second kappa shape index (κ2) is 8.91. The number of carbonyl (C=O) groups excluding carboxylic acids is 2. The Kier molecular flexibility index (Phi) is 7.48. The highest BCUT2D eigenvalue weighted by Crippen LogP contribution is 2.16. The molecule has 1 aliphatic heterocycles. The van der Waals surface area contributed by atoms with Gasteiger partial charge in [-0.1, -0.05) is 6.92 Å². The molecular formula is C14H26N2O3. The zero-order valence-corrected chi connectivity index (χ0v) is 12.1. The van der Waals surface area contributed by atoms with Crippen LogP contribution < -0.4 is 5.32 Å². The van der Waals surface area contributed by atoms with Crippen molar-refractivity contribution in [2.75, 3.05) is 33.3 Å². The number of amides is 1. The molecule has 1 amide bonds. The first-order chi connectivity index (χ1) is 9.17. The fraction of sp³-hybridized carbons (Fsp3) is 0.857. The van der Waals surface area contributed by atoms with Gasteiger partial charge in [0.05, 0.1) is 7.11 Å². The molecule has 1 unspecified atom stereocenters. The summed E-state index contributed by atoms with van der Waals surface area (Å²) in [6, 6.07) is 0. The van der Waals surface area contributed by atoms with E-state index < -0.39 is 0 Å². The Labute approximate surface area is 115 Å². The maximum absolute atomic E-state index is 12.1. The maximum atomic E-state index is 12.1. The van der Waals surface area contributed by atoms with Gasteiger partial charge in [-0.2, -0.15) is 0 Å². The maximum Gasteiger partial charge on any atom is 0.325 e. The van der Waals surface area contributed by atoms with Crippen LogP contribution in [0.25, 0.3) is 0 Å². The summed E-state index contributed by atoms with van der Waals surface area (Å²) >= 11 is 0. The van der Waals surface area contributed by atoms with Gasteiger partial charge in [0.1, 0.15) is 6.54 Å². The molecule has 19 heavy (non-hydrogen) atoms. The fourth-order valence-electron chi connectivity index (χ4n) is 2.44. The van der Waals surface area contributed by atoms with E-state index in [4.69, 9.17) is 0 Å². The van der Waals surface area contributed by atoms with Gasteiger partial charge in [-0.15, -0.1) is 0 Å². The predicted molar refractivity (Wildman–Crippen MR) is 73.7 cm³/mol. The molecule has 1 fully saturated rings. The Morgan fingerprint density at radius 1 is 1.42 bits per heavy atom. The quantitative estimate of drug-likeness (QED) is 0.706. The van der Waals surface area contributed by atoms with Gasteiger partial charge in [-0.3, -0.25) is 9.59 Å². The molecule has 1 aliphatic rings. The topological polar surface area (TPSA) is 58.6 Å². The second-order valence-corrected chi connectivity index (χ2v) is 5.14. The molecule has 1 atom stereocenters. The summed E-state index contributed by atoms with van der Waals surface area (Å²) in [7, 11) is 1.35. The summed E-state index contributed by atoms with van der Waals surface area (Å²) in [5, 5.41) is 3.36. The fourth-order valence-corrected chi connectivity index (χ4v) is 2.44. The summed E-state index contributed by atoms with van der Waals surface area (Å²) in [6.45, 7) is 4.80. The van der Waals surface area contributed by atoms with Crippen LogP contribution in [0.3, 0.4) is 0 Å². The van der Waals surface area contributed by atoms with E-state index in [1.807, 2.05) is 6.92 Å². The van der Waals surface area contributed by atoms with E-state index in [1.165, 1.54) is 20.0 Å². The number of nitrogens with zero attached hydrogens (tertiary/aromatic N) is 1. The largest absolute Gasteiger partial charge is 0.468 e. The van der Waals surface area contributed by atoms with E-state index in [0.717, 1.165) is 25.9 Å². The van der Waals surface area contributed by atoms with Crippen molar-refractivity contribution in [2.24, 2.45) is 5.92 Å². The van der Waals surface area contributed by atoms with Crippen LogP contribution >= 0.6 is 0 Å². The molecule has 0 bridgehead atoms. The first-order valence-corrected chi connectivity index (χ1v) is 7.22. The lowest BCUT2D eigenvalue weighted by atomic mass is 9.94. The van der Waals surface area contributed by atoms with E-state index >= 15 is 0 Å². The highest BCUT2D eigenvalue weighted by Gasteiger charge is 2.19. The summed E-state index contributed by atoms with van der Waals surface area (Å²) < 4.78 is 4.63. The Morgan fingerprint density at radius 2 is 2.21 bits per heavy atom. The molecule has 0 aromatic carbocycles. The number of nitrogens with one attached hydrogen (secondary N) is 1. The average Bonchev–Trinajstić information content (AvgIpc) is 2.45. The van der Waals surface area contributed by atoms with Crippen LogP contribution in [0.15, 0.2) is 0 Å². The van der Waals surface area contributed by atoms with Crippen molar-refractivity contribution in [3.05, 3.63) is 0 Å². The molecule has 1 saturated heterocycles. The smallest absolute Gasteiger partial charge is 0.325 e. The highest BCUT2D eigenvalue weighted by molar-refractivity contribution is 5.82. The van der Waals surface area contributed by atoms with Crippen molar-refractivity contribution in [1.29, 1.82) is 0 Å². The van der Waals surface area contributed by atoms with Gasteiger partial charge in [-0.25, -0.2) is 0 Å². The third-order valence-corrected chi connectivity index (χ3v) is 3.56. The number of carbonyl (C=O) groups is 2. The number of piperidine rings is 1. The second-order valence-electron chi connectivity index (χ2n) is 5.14. The third kappa shape index (κ3) is 6.05. The van der Waals surface area contributed by atoms with Crippen molar-refractivity contribution in [1.82, 2.24) is 10.2 Å². The normalized spacial score (nSPS) is 18.9. The minimum Gasteiger partial charge on any atom is -0.468 e. The zero-order valence-electron chi connectivity index (χ0n) is 12.1. The Hall–Kier alpha value is -1.10. The number of hydrogen-bond acceptors (Lipinski definition) is 4. The lowest BCUT2D eigenvalue weighted by Gasteiger charge is -2.25. The molecule has 0 aromatic rings. The molecule has 1 rings (SSSR count). The molecule has 110 valence electrons. The monoisotopic (exact) mass is 270 g/mol. The average molecular weight is 270 g/mol. The summed E-state index contributed by atoms with van der Waals surface area (Å²) in [6.07, 6.45) is 4.69. The number of esters is 1. The van der Waals surface area contributed by atoms with Crippen LogP contribution in [0.4, 0.5) is 0 Å². The summed E-state index contributed by atoms with van der Waals surface area (Å²) in [4.78, 5) is 25.0. The third-order valence-electron chi connectivity index (χ3n) is 3.56. The lowest BCUT2D eigenvalue weighted by Crippen LogP contribution is -2.37. The Bertz CT molecular complexity index is 288. The molecular weight excluding hydrogens is 244 g/mol. The number of hydrogen-bond donors (Lipinski definition) is 1. The van der Waals surface area contributed by atoms with Crippen LogP contribution in [-0.2, 0) is 14.3 Å². The van der Waals surface area contributed by atoms with Crippen molar-refractivity contribution < 1.29 is 14.3 Å². The van der Waals surface area contributed by atoms with Crippen LogP contribution in [0.1, 0.15) is 39.0 Å². The first kappa shape index (κ1) is 16.0. The number of ether oxygens (including phenoxy) is 1. The summed E-state index contributed by atoms with van der Waals surface area (Å²) in [5.41, 5.74) is 0. The Balaban J connectivity index is 2.35. The zero-order chi connectivity index (χ0) is 14.1. The lowest BCUT2D eigenvalue weighted by molar-refractivity contribution is -0.147. The van der Waals surface area contributed by atoms with E-state index in [0.29, 0.717) is 18.9 Å². The van der Waals surface area contributed by atoms with E-state index in [1.54, 1.807) is 4.90 Å². The van der Waals surface area contributed by atoms with Crippen molar-refractivity contribution in [3.8, 4) is 0 Å². The van der Waals surface area contributed by atoms with Gasteiger partial charge in [0.15, 0.2) is 0 Å². The predicted octanol–water partition coefficient (Wildman–Crippen LogP) is 1.18. The number of rotatable bonds is 7. The van der Waals surface area contributed by atoms with Crippen molar-refractivity contribution in [3.63, 3.8) is 0 Å². The molecule has 5 heteroatoms. The van der Waals surface area contributed by atoms with E-state index in [9.17, 15) is 9.59 Å². The standard InChI is InChI=1S/C14H26N2O3/c1-3-9-16(11-14(18)19-2)13(17)7-6-12-5-4-8-15-10-12/h12,15H,3-11H2,1-2H3. The van der Waals surface area contributed by atoms with Gasteiger partial charge in [0.2, 0.25) is 5.91 Å². The van der Waals surface area contributed by atoms with Crippen LogP contribution in [-0.4, -0.2) is 50.1 Å². The van der Waals surface area contributed by atoms with E-state index in [2.05, 4.69) is 10.1 Å². The minimum absolute atomic E-state index is 0.0674. The van der Waals surface area contributed by atoms with Crippen LogP contribution in [0, 0.1) is 5.92 Å². The van der Waals surface area contributed by atoms with Crippen LogP contribution in [0.2, 0.25) is 0 Å². The molecule has 0 spiro atoms. The SMILES string of the molecule is CCCN(CC(=O)OC)C(=O)CCC1CCCNC1. The van der Waals surface area contributed by atoms with Gasteiger partial charge in [0, 0.05) is 13.0 Å². The van der Waals surface area contributed by atoms with Gasteiger partial charge < -0.3 is 15.0 Å². The van der Waals surface area contributed by atoms with Crippen LogP contribution in [0.5, 0.6) is 0 Å². The molecule has 0 aromatic heterocycles. The number of methoxy groups -OCH3 is 1. The molecule has 0 saturated carbocycles. The van der Waals surface area contributed by atoms with Crippen molar-refractivity contribution >= 4 is 11.9 Å². The first-order valence-electron chi connectivity index (χ1n) is 7.22. The Morgan fingerprint density at radius 3 is 2.79 bits per heavy atom. The minimum atomic E-state index is -0.346. The highest BCUT2D eigenvalue weighted by atomic mass is 16.5. The molecule has 1 heterocycles. The van der Waals surface area contributed by atoms with Gasteiger partial charge in [-0.05, 0) is 44.7 Å². The molecule has 0 aliphatic carbocycles. The van der Waals surface area contributed by atoms with E-state index in [-0.39, 0.29) is 18.4 Å². The van der Waals surface area contributed by atoms with Crippen molar-refractivity contribution in [2.45, 2.75) is 39.0 Å². The molecule has 5 nitrogen and oxygen atoms in total. The van der Waals surface area contributed by atoms with Gasteiger partial charge >= 0.3 is 5.97 Å². The summed E-state index contributed by atoms with van der Waals surface area (Å²) in [5.74, 6) is 0.318. The van der Waals surface area contributed by atoms with Gasteiger partial charge in [0.25, 0.3) is 0 Å². The molecule has 1 N–H and O–H groups in total.